The maximum Gasteiger partial charge on any atom is 0.248 e. The average molecular weight is 256 g/mol. The lowest BCUT2D eigenvalue weighted by Crippen LogP contribution is -2.35. The van der Waals surface area contributed by atoms with Gasteiger partial charge in [-0.05, 0) is 12.1 Å². The van der Waals surface area contributed by atoms with Crippen molar-refractivity contribution in [2.45, 2.75) is 18.8 Å². The van der Waals surface area contributed by atoms with Gasteiger partial charge in [-0.1, -0.05) is 0 Å². The Morgan fingerprint density at radius 1 is 1.44 bits per heavy atom. The minimum atomic E-state index is -1.17. The maximum atomic E-state index is 10.9. The molecule has 1 heterocycles. The lowest BCUT2D eigenvalue weighted by Gasteiger charge is -2.19. The van der Waals surface area contributed by atoms with Crippen LogP contribution in [-0.4, -0.2) is 51.6 Å². The molecule has 2 atom stereocenters. The number of rotatable bonds is 7. The van der Waals surface area contributed by atoms with Gasteiger partial charge in [0, 0.05) is 11.8 Å². The number of ether oxygens (including phenoxy) is 1. The Hall–Kier alpha value is -1.54. The molecule has 0 radical (unpaired) electrons. The number of hydrogen-bond acceptors (Lipinski definition) is 6. The number of hydrogen-bond donors (Lipinski definition) is 4. The van der Waals surface area contributed by atoms with Crippen LogP contribution in [0.25, 0.3) is 0 Å². The quantitative estimate of drug-likeness (QED) is 0.466. The summed E-state index contributed by atoms with van der Waals surface area (Å²) in [6.45, 7) is -0.958. The summed E-state index contributed by atoms with van der Waals surface area (Å²) >= 11 is 0. The van der Waals surface area contributed by atoms with Gasteiger partial charge in [0.1, 0.15) is 12.2 Å². The summed E-state index contributed by atoms with van der Waals surface area (Å²) in [4.78, 5) is 14.9. The molecule has 7 heteroatoms. The van der Waals surface area contributed by atoms with Gasteiger partial charge in [0.2, 0.25) is 5.91 Å². The zero-order chi connectivity index (χ0) is 13.5. The summed E-state index contributed by atoms with van der Waals surface area (Å²) in [5, 5.41) is 27.0. The van der Waals surface area contributed by atoms with Crippen molar-refractivity contribution in [2.24, 2.45) is 5.73 Å². The first-order valence-electron chi connectivity index (χ1n) is 5.34. The van der Waals surface area contributed by atoms with Crippen molar-refractivity contribution in [2.75, 3.05) is 13.2 Å². The second-order valence-electron chi connectivity index (χ2n) is 3.68. The van der Waals surface area contributed by atoms with E-state index in [1.165, 1.54) is 18.3 Å². The molecule has 1 aromatic rings. The minimum Gasteiger partial charge on any atom is -0.394 e. The normalized spacial score (nSPS) is 14.2. The molecule has 18 heavy (non-hydrogen) atoms. The summed E-state index contributed by atoms with van der Waals surface area (Å²) in [5.74, 6) is -0.576. The van der Waals surface area contributed by atoms with Crippen LogP contribution >= 0.6 is 0 Å². The van der Waals surface area contributed by atoms with Crippen LogP contribution in [0.15, 0.2) is 18.3 Å². The van der Waals surface area contributed by atoms with Gasteiger partial charge in [-0.2, -0.15) is 0 Å². The third kappa shape index (κ3) is 4.04. The molecule has 1 aromatic heterocycles. The molecule has 5 N–H and O–H groups in total. The molecule has 1 amide bonds. The van der Waals surface area contributed by atoms with E-state index >= 15 is 0 Å². The van der Waals surface area contributed by atoms with Crippen molar-refractivity contribution in [3.63, 3.8) is 0 Å². The van der Waals surface area contributed by atoms with Gasteiger partial charge in [-0.15, -0.1) is 0 Å². The molecule has 0 saturated heterocycles. The fraction of sp³-hybridized carbons (Fsp3) is 0.455. The summed E-state index contributed by atoms with van der Waals surface area (Å²) in [7, 11) is 0. The van der Waals surface area contributed by atoms with E-state index in [4.69, 9.17) is 20.7 Å². The van der Waals surface area contributed by atoms with Crippen LogP contribution in [0.3, 0.4) is 0 Å². The summed E-state index contributed by atoms with van der Waals surface area (Å²) in [5.41, 5.74) is 5.85. The predicted molar refractivity (Wildman–Crippen MR) is 61.5 cm³/mol. The monoisotopic (exact) mass is 256 g/mol. The molecule has 0 aliphatic rings. The number of aromatic nitrogens is 1. The third-order valence-electron chi connectivity index (χ3n) is 2.34. The van der Waals surface area contributed by atoms with E-state index < -0.39 is 31.3 Å². The molecule has 0 aromatic carbocycles. The van der Waals surface area contributed by atoms with Gasteiger partial charge in [-0.25, -0.2) is 0 Å². The highest BCUT2D eigenvalue weighted by molar-refractivity contribution is 5.92. The Balaban J connectivity index is 2.62. The smallest absolute Gasteiger partial charge is 0.248 e. The highest BCUT2D eigenvalue weighted by Gasteiger charge is 2.18. The van der Waals surface area contributed by atoms with Crippen molar-refractivity contribution >= 4 is 5.91 Å². The number of pyridine rings is 1. The van der Waals surface area contributed by atoms with E-state index in [1.807, 2.05) is 0 Å². The van der Waals surface area contributed by atoms with E-state index in [0.29, 0.717) is 11.3 Å². The molecular formula is C11H16N2O5. The highest BCUT2D eigenvalue weighted by Crippen LogP contribution is 2.06. The Morgan fingerprint density at radius 2 is 2.17 bits per heavy atom. The molecule has 7 nitrogen and oxygen atoms in total. The Bertz CT molecular complexity index is 399. The Labute approximate surface area is 104 Å². The molecule has 0 fully saturated rings. The van der Waals surface area contributed by atoms with Gasteiger partial charge in [0.25, 0.3) is 0 Å². The van der Waals surface area contributed by atoms with E-state index in [1.54, 1.807) is 0 Å². The van der Waals surface area contributed by atoms with Crippen LogP contribution in [0.4, 0.5) is 0 Å². The van der Waals surface area contributed by atoms with Crippen LogP contribution in [0, 0.1) is 0 Å². The molecule has 0 bridgehead atoms. The van der Waals surface area contributed by atoms with Crippen molar-refractivity contribution in [1.82, 2.24) is 4.98 Å². The average Bonchev–Trinajstić information content (AvgIpc) is 2.39. The number of nitrogens with two attached hydrogens (primary N) is 1. The Kier molecular flexibility index (Phi) is 5.66. The number of carbonyl (C=O) groups excluding carboxylic acids is 1. The molecule has 0 spiro atoms. The summed E-state index contributed by atoms with van der Waals surface area (Å²) in [6.07, 6.45) is -0.668. The number of amides is 1. The van der Waals surface area contributed by atoms with Crippen LogP contribution in [0.1, 0.15) is 16.1 Å². The topological polar surface area (TPSA) is 126 Å². The number of carbonyl (C=O) groups is 1. The zero-order valence-corrected chi connectivity index (χ0v) is 9.69. The number of nitrogens with zero attached hydrogens (tertiary/aromatic N) is 1. The standard InChI is InChI=1S/C11H16N2O5/c12-11(17)7-1-2-13-8(3-7)6-18-10(5-15)9(16)4-14/h1-3,9-10,14-16H,4-6H2,(H2,12,17)/t9?,10-/m1/s1. The van der Waals surface area contributed by atoms with Crippen molar-refractivity contribution in [1.29, 1.82) is 0 Å². The molecule has 1 unspecified atom stereocenters. The van der Waals surface area contributed by atoms with E-state index in [2.05, 4.69) is 4.98 Å². The second kappa shape index (κ2) is 7.02. The molecule has 0 aliphatic carbocycles. The van der Waals surface area contributed by atoms with Gasteiger partial charge in [-0.3, -0.25) is 9.78 Å². The van der Waals surface area contributed by atoms with Crippen molar-refractivity contribution in [3.05, 3.63) is 29.6 Å². The first kappa shape index (κ1) is 14.5. The minimum absolute atomic E-state index is 0.0105. The van der Waals surface area contributed by atoms with Crippen LogP contribution in [0.5, 0.6) is 0 Å². The molecule has 0 saturated carbocycles. The molecule has 0 aliphatic heterocycles. The first-order chi connectivity index (χ1) is 8.58. The fourth-order valence-electron chi connectivity index (χ4n) is 1.31. The van der Waals surface area contributed by atoms with Gasteiger partial charge < -0.3 is 25.8 Å². The molecule has 100 valence electrons. The van der Waals surface area contributed by atoms with Crippen LogP contribution in [0.2, 0.25) is 0 Å². The number of aliphatic hydroxyl groups excluding tert-OH is 3. The molecule has 1 rings (SSSR count). The Morgan fingerprint density at radius 3 is 2.72 bits per heavy atom. The molecular weight excluding hydrogens is 240 g/mol. The number of primary amides is 1. The van der Waals surface area contributed by atoms with Gasteiger partial charge in [0.15, 0.2) is 0 Å². The van der Waals surface area contributed by atoms with E-state index in [-0.39, 0.29) is 6.61 Å². The summed E-state index contributed by atoms with van der Waals surface area (Å²) in [6, 6.07) is 2.93. The number of aliphatic hydroxyl groups is 3. The predicted octanol–water partition coefficient (Wildman–Crippen LogP) is -1.59. The largest absolute Gasteiger partial charge is 0.394 e. The van der Waals surface area contributed by atoms with Crippen molar-refractivity contribution < 1.29 is 24.9 Å². The maximum absolute atomic E-state index is 10.9. The highest BCUT2D eigenvalue weighted by atomic mass is 16.5. The fourth-order valence-corrected chi connectivity index (χ4v) is 1.31. The van der Waals surface area contributed by atoms with Gasteiger partial charge >= 0.3 is 0 Å². The lowest BCUT2D eigenvalue weighted by molar-refractivity contribution is -0.0867. The van der Waals surface area contributed by atoms with E-state index in [9.17, 15) is 9.90 Å². The zero-order valence-electron chi connectivity index (χ0n) is 9.69. The first-order valence-corrected chi connectivity index (χ1v) is 5.34. The van der Waals surface area contributed by atoms with Crippen LogP contribution < -0.4 is 5.73 Å². The van der Waals surface area contributed by atoms with Gasteiger partial charge in [0.05, 0.1) is 25.5 Å². The lowest BCUT2D eigenvalue weighted by atomic mass is 10.2. The van der Waals surface area contributed by atoms with E-state index in [0.717, 1.165) is 0 Å². The van der Waals surface area contributed by atoms with Crippen LogP contribution in [-0.2, 0) is 11.3 Å². The summed E-state index contributed by atoms with van der Waals surface area (Å²) < 4.78 is 5.19. The SMILES string of the molecule is NC(=O)c1ccnc(CO[C@H](CO)C(O)CO)c1. The van der Waals surface area contributed by atoms with Crippen molar-refractivity contribution in [3.8, 4) is 0 Å². The second-order valence-corrected chi connectivity index (χ2v) is 3.68. The third-order valence-corrected chi connectivity index (χ3v) is 2.34.